The molecule has 2 aliphatic heterocycles. The number of anilines is 1. The maximum atomic E-state index is 13.1. The zero-order valence-electron chi connectivity index (χ0n) is 18.2. The number of nitrogens with zero attached hydrogens (tertiary/aromatic N) is 4. The van der Waals surface area contributed by atoms with Gasteiger partial charge >= 0.3 is 0 Å². The van der Waals surface area contributed by atoms with Gasteiger partial charge in [-0.05, 0) is 45.7 Å². The van der Waals surface area contributed by atoms with E-state index in [-0.39, 0.29) is 17.3 Å². The second kappa shape index (κ2) is 9.43. The fourth-order valence-corrected chi connectivity index (χ4v) is 5.30. The summed E-state index contributed by atoms with van der Waals surface area (Å²) < 4.78 is 8.08. The number of carbonyl (C=O) groups excluding carboxylic acids is 1. The smallest absolute Gasteiger partial charge is 0.236 e. The van der Waals surface area contributed by atoms with Gasteiger partial charge in [0, 0.05) is 44.2 Å². The first-order chi connectivity index (χ1) is 14.5. The van der Waals surface area contributed by atoms with Crippen LogP contribution in [0, 0.1) is 13.8 Å². The van der Waals surface area contributed by atoms with Crippen molar-refractivity contribution in [3.8, 4) is 0 Å². The van der Waals surface area contributed by atoms with Crippen molar-refractivity contribution in [2.45, 2.75) is 56.7 Å². The first-order valence-corrected chi connectivity index (χ1v) is 11.8. The third kappa shape index (κ3) is 4.67. The molecule has 0 N–H and O–H groups in total. The van der Waals surface area contributed by atoms with Gasteiger partial charge in [-0.15, -0.1) is 0 Å². The number of rotatable bonds is 6. The molecule has 1 aromatic carbocycles. The molecule has 2 aliphatic rings. The van der Waals surface area contributed by atoms with Crippen molar-refractivity contribution in [1.82, 2.24) is 14.5 Å². The van der Waals surface area contributed by atoms with E-state index >= 15 is 0 Å². The molecule has 0 aliphatic carbocycles. The average Bonchev–Trinajstić information content (AvgIpc) is 3.38. The maximum absolute atomic E-state index is 13.1. The van der Waals surface area contributed by atoms with Gasteiger partial charge in [0.15, 0.2) is 5.16 Å². The summed E-state index contributed by atoms with van der Waals surface area (Å²) in [7, 11) is 0. The van der Waals surface area contributed by atoms with E-state index in [4.69, 9.17) is 9.72 Å². The minimum atomic E-state index is -0.155. The first-order valence-electron chi connectivity index (χ1n) is 10.9. The van der Waals surface area contributed by atoms with Crippen LogP contribution in [0.4, 0.5) is 5.69 Å². The Bertz CT molecular complexity index is 856. The standard InChI is InChI=1S/C23H32N4O2S/c1-17-18(2)27(16-21-10-7-15-29-21)23(24-17)30-19(3)22(28)26-13-11-25(12-14-26)20-8-5-4-6-9-20/h4-6,8-9,19,21H,7,10-16H2,1-3H3/t19-,21+/m1/s1. The van der Waals surface area contributed by atoms with Gasteiger partial charge in [0.25, 0.3) is 0 Å². The second-order valence-electron chi connectivity index (χ2n) is 8.22. The molecule has 2 fully saturated rings. The van der Waals surface area contributed by atoms with Crippen molar-refractivity contribution in [3.05, 3.63) is 41.7 Å². The summed E-state index contributed by atoms with van der Waals surface area (Å²) >= 11 is 1.58. The van der Waals surface area contributed by atoms with E-state index < -0.39 is 0 Å². The summed E-state index contributed by atoms with van der Waals surface area (Å²) in [5.41, 5.74) is 3.44. The molecule has 0 saturated carbocycles. The van der Waals surface area contributed by atoms with Crippen molar-refractivity contribution in [3.63, 3.8) is 0 Å². The third-order valence-corrected chi connectivity index (χ3v) is 7.25. The minimum Gasteiger partial charge on any atom is -0.376 e. The Morgan fingerprint density at radius 2 is 1.93 bits per heavy atom. The molecule has 30 heavy (non-hydrogen) atoms. The number of para-hydroxylation sites is 1. The largest absolute Gasteiger partial charge is 0.376 e. The SMILES string of the molecule is Cc1nc(S[C@H](C)C(=O)N2CCN(c3ccccc3)CC2)n(C[C@@H]2CCCO2)c1C. The van der Waals surface area contributed by atoms with Crippen LogP contribution in [0.15, 0.2) is 35.5 Å². The van der Waals surface area contributed by atoms with Crippen molar-refractivity contribution in [2.75, 3.05) is 37.7 Å². The Labute approximate surface area is 183 Å². The number of benzene rings is 1. The van der Waals surface area contributed by atoms with E-state index in [9.17, 15) is 4.79 Å². The van der Waals surface area contributed by atoms with Crippen LogP contribution in [0.5, 0.6) is 0 Å². The highest BCUT2D eigenvalue weighted by molar-refractivity contribution is 8.00. The summed E-state index contributed by atoms with van der Waals surface area (Å²) in [6, 6.07) is 10.4. The number of hydrogen-bond acceptors (Lipinski definition) is 5. The van der Waals surface area contributed by atoms with E-state index in [1.165, 1.54) is 11.4 Å². The van der Waals surface area contributed by atoms with Crippen LogP contribution in [-0.4, -0.2) is 64.5 Å². The molecule has 3 heterocycles. The molecule has 7 heteroatoms. The molecule has 2 atom stereocenters. The van der Waals surface area contributed by atoms with E-state index in [2.05, 4.69) is 40.7 Å². The molecule has 0 unspecified atom stereocenters. The van der Waals surface area contributed by atoms with Crippen molar-refractivity contribution < 1.29 is 9.53 Å². The number of imidazole rings is 1. The van der Waals surface area contributed by atoms with Crippen LogP contribution in [0.25, 0.3) is 0 Å². The summed E-state index contributed by atoms with van der Waals surface area (Å²) in [6.07, 6.45) is 2.48. The number of piperazine rings is 1. The van der Waals surface area contributed by atoms with Crippen LogP contribution in [0.1, 0.15) is 31.2 Å². The van der Waals surface area contributed by atoms with Gasteiger partial charge in [-0.1, -0.05) is 30.0 Å². The van der Waals surface area contributed by atoms with Gasteiger partial charge in [0.05, 0.1) is 23.6 Å². The molecule has 4 rings (SSSR count). The summed E-state index contributed by atoms with van der Waals surface area (Å²) in [5, 5.41) is 0.780. The van der Waals surface area contributed by atoms with E-state index in [1.807, 2.05) is 24.8 Å². The van der Waals surface area contributed by atoms with Crippen LogP contribution < -0.4 is 4.90 Å². The molecule has 0 spiro atoms. The topological polar surface area (TPSA) is 50.6 Å². The Kier molecular flexibility index (Phi) is 6.68. The average molecular weight is 429 g/mol. The van der Waals surface area contributed by atoms with Gasteiger partial charge in [-0.3, -0.25) is 4.79 Å². The molecule has 1 aromatic heterocycles. The second-order valence-corrected chi connectivity index (χ2v) is 9.53. The summed E-state index contributed by atoms with van der Waals surface area (Å²) in [4.78, 5) is 22.2. The highest BCUT2D eigenvalue weighted by atomic mass is 32.2. The molecule has 0 bridgehead atoms. The molecular weight excluding hydrogens is 396 g/mol. The van der Waals surface area contributed by atoms with Crippen LogP contribution >= 0.6 is 11.8 Å². The van der Waals surface area contributed by atoms with Gasteiger partial charge < -0.3 is 19.1 Å². The lowest BCUT2D eigenvalue weighted by molar-refractivity contribution is -0.130. The zero-order valence-corrected chi connectivity index (χ0v) is 19.0. The number of amides is 1. The first kappa shape index (κ1) is 21.2. The van der Waals surface area contributed by atoms with E-state index in [0.717, 1.165) is 63.0 Å². The van der Waals surface area contributed by atoms with Crippen LogP contribution in [0.2, 0.25) is 0 Å². The fraction of sp³-hybridized carbons (Fsp3) is 0.565. The molecule has 6 nitrogen and oxygen atoms in total. The predicted octanol–water partition coefficient (Wildman–Crippen LogP) is 3.51. The minimum absolute atomic E-state index is 0.155. The number of aromatic nitrogens is 2. The normalized spacial score (nSPS) is 20.6. The highest BCUT2D eigenvalue weighted by Gasteiger charge is 2.28. The molecule has 1 amide bonds. The number of thioether (sulfide) groups is 1. The van der Waals surface area contributed by atoms with Gasteiger partial charge in [-0.25, -0.2) is 4.98 Å². The number of hydrogen-bond donors (Lipinski definition) is 0. The van der Waals surface area contributed by atoms with Gasteiger partial charge in [0.1, 0.15) is 0 Å². The van der Waals surface area contributed by atoms with Crippen LogP contribution in [-0.2, 0) is 16.1 Å². The molecule has 0 radical (unpaired) electrons. The lowest BCUT2D eigenvalue weighted by Crippen LogP contribution is -2.50. The Balaban J connectivity index is 1.36. The van der Waals surface area contributed by atoms with E-state index in [0.29, 0.717) is 0 Å². The lowest BCUT2D eigenvalue weighted by atomic mass is 10.2. The Morgan fingerprint density at radius 3 is 2.60 bits per heavy atom. The van der Waals surface area contributed by atoms with Crippen LogP contribution in [0.3, 0.4) is 0 Å². The monoisotopic (exact) mass is 428 g/mol. The number of carbonyl (C=O) groups is 1. The maximum Gasteiger partial charge on any atom is 0.236 e. The third-order valence-electron chi connectivity index (χ3n) is 6.18. The quantitative estimate of drug-likeness (QED) is 0.659. The van der Waals surface area contributed by atoms with Gasteiger partial charge in [-0.2, -0.15) is 0 Å². The van der Waals surface area contributed by atoms with Crippen molar-refractivity contribution in [1.29, 1.82) is 0 Å². The van der Waals surface area contributed by atoms with Crippen molar-refractivity contribution >= 4 is 23.4 Å². The van der Waals surface area contributed by atoms with Crippen molar-refractivity contribution in [2.24, 2.45) is 0 Å². The molecular formula is C23H32N4O2S. The number of ether oxygens (including phenoxy) is 1. The number of aryl methyl sites for hydroxylation is 1. The summed E-state index contributed by atoms with van der Waals surface area (Å²) in [6.45, 7) is 11.1. The highest BCUT2D eigenvalue weighted by Crippen LogP contribution is 2.28. The fourth-order valence-electron chi connectivity index (χ4n) is 4.21. The molecule has 2 aromatic rings. The lowest BCUT2D eigenvalue weighted by Gasteiger charge is -2.37. The van der Waals surface area contributed by atoms with E-state index in [1.54, 1.807) is 11.8 Å². The Hall–Kier alpha value is -1.99. The summed E-state index contributed by atoms with van der Waals surface area (Å²) in [5.74, 6) is 0.203. The molecule has 2 saturated heterocycles. The van der Waals surface area contributed by atoms with Gasteiger partial charge in [0.2, 0.25) is 5.91 Å². The predicted molar refractivity (Wildman–Crippen MR) is 121 cm³/mol. The Morgan fingerprint density at radius 1 is 1.20 bits per heavy atom. The molecule has 162 valence electrons. The zero-order chi connectivity index (χ0) is 21.1.